The topological polar surface area (TPSA) is 50.9 Å². The molecule has 0 amide bonds. The van der Waals surface area contributed by atoms with Gasteiger partial charge in [0.25, 0.3) is 0 Å². The zero-order chi connectivity index (χ0) is 8.55. The van der Waals surface area contributed by atoms with Gasteiger partial charge in [0.05, 0.1) is 24.5 Å². The van der Waals surface area contributed by atoms with Crippen LogP contribution in [0.1, 0.15) is 31.5 Å². The molecule has 12 heavy (non-hydrogen) atoms. The Morgan fingerprint density at radius 2 is 2.42 bits per heavy atom. The quantitative estimate of drug-likeness (QED) is 0.706. The van der Waals surface area contributed by atoms with Crippen LogP contribution in [0, 0.1) is 5.92 Å². The highest BCUT2D eigenvalue weighted by Gasteiger charge is 2.28. The van der Waals surface area contributed by atoms with Crippen LogP contribution in [-0.4, -0.2) is 20.1 Å². The maximum atomic E-state index is 8.94. The van der Waals surface area contributed by atoms with Gasteiger partial charge in [-0.05, 0) is 18.8 Å². The molecule has 0 aliphatic heterocycles. The number of hydrogen-bond acceptors (Lipinski definition) is 3. The molecule has 0 atom stereocenters. The Morgan fingerprint density at radius 3 is 3.00 bits per heavy atom. The molecule has 1 aliphatic rings. The highest BCUT2D eigenvalue weighted by Crippen LogP contribution is 2.37. The third-order valence-corrected chi connectivity index (χ3v) is 2.51. The van der Waals surface area contributed by atoms with Gasteiger partial charge in [-0.25, -0.2) is 4.68 Å². The summed E-state index contributed by atoms with van der Waals surface area (Å²) in [5.74, 6) is 0.797. The Hall–Kier alpha value is -0.900. The van der Waals surface area contributed by atoms with Crippen molar-refractivity contribution in [2.24, 2.45) is 5.92 Å². The van der Waals surface area contributed by atoms with Crippen LogP contribution in [0.25, 0.3) is 0 Å². The number of aromatic nitrogens is 3. The van der Waals surface area contributed by atoms with Gasteiger partial charge in [0.15, 0.2) is 0 Å². The zero-order valence-corrected chi connectivity index (χ0v) is 7.14. The molecule has 4 nitrogen and oxygen atoms in total. The molecule has 0 aromatic carbocycles. The minimum atomic E-state index is 0.0396. The first-order chi connectivity index (χ1) is 5.81. The largest absolute Gasteiger partial charge is 0.390 e. The molecule has 0 saturated heterocycles. The molecule has 1 saturated carbocycles. The summed E-state index contributed by atoms with van der Waals surface area (Å²) < 4.78 is 1.85. The summed E-state index contributed by atoms with van der Waals surface area (Å²) in [5, 5.41) is 16.7. The fourth-order valence-corrected chi connectivity index (χ4v) is 1.75. The molecule has 1 aromatic rings. The van der Waals surface area contributed by atoms with Crippen LogP contribution < -0.4 is 0 Å². The second-order valence-corrected chi connectivity index (χ2v) is 3.56. The molecule has 1 N–H and O–H groups in total. The minimum absolute atomic E-state index is 0.0396. The van der Waals surface area contributed by atoms with Crippen LogP contribution in [0.3, 0.4) is 0 Å². The van der Waals surface area contributed by atoms with Gasteiger partial charge in [0.1, 0.15) is 0 Å². The number of rotatable bonds is 2. The molecule has 0 spiro atoms. The van der Waals surface area contributed by atoms with Gasteiger partial charge in [-0.15, -0.1) is 5.10 Å². The van der Waals surface area contributed by atoms with Gasteiger partial charge >= 0.3 is 0 Å². The van der Waals surface area contributed by atoms with Gasteiger partial charge < -0.3 is 5.11 Å². The fourth-order valence-electron chi connectivity index (χ4n) is 1.75. The molecule has 2 rings (SSSR count). The number of hydrogen-bond donors (Lipinski definition) is 1. The van der Waals surface area contributed by atoms with Crippen molar-refractivity contribution in [2.75, 3.05) is 0 Å². The highest BCUT2D eigenvalue weighted by atomic mass is 16.3. The Labute approximate surface area is 71.2 Å². The van der Waals surface area contributed by atoms with E-state index in [1.165, 1.54) is 0 Å². The molecule has 0 radical (unpaired) electrons. The second kappa shape index (κ2) is 2.86. The second-order valence-electron chi connectivity index (χ2n) is 3.56. The van der Waals surface area contributed by atoms with E-state index >= 15 is 0 Å². The van der Waals surface area contributed by atoms with Gasteiger partial charge in [0.2, 0.25) is 0 Å². The first kappa shape index (κ1) is 7.73. The molecule has 1 heterocycles. The van der Waals surface area contributed by atoms with Crippen LogP contribution in [0.2, 0.25) is 0 Å². The maximum absolute atomic E-state index is 8.94. The van der Waals surface area contributed by atoms with E-state index in [1.807, 2.05) is 4.68 Å². The van der Waals surface area contributed by atoms with Crippen molar-refractivity contribution in [3.8, 4) is 0 Å². The lowest BCUT2D eigenvalue weighted by molar-refractivity contribution is 0.179. The van der Waals surface area contributed by atoms with Gasteiger partial charge in [0, 0.05) is 0 Å². The van der Waals surface area contributed by atoms with Gasteiger partial charge in [-0.2, -0.15) is 0 Å². The van der Waals surface area contributed by atoms with Gasteiger partial charge in [-0.3, -0.25) is 0 Å². The average molecular weight is 167 g/mol. The predicted octanol–water partition coefficient (Wildman–Crippen LogP) is 0.741. The molecule has 4 heteroatoms. The molecule has 1 aliphatic carbocycles. The van der Waals surface area contributed by atoms with Crippen LogP contribution in [0.15, 0.2) is 6.20 Å². The Balaban J connectivity index is 2.12. The molecule has 0 unspecified atom stereocenters. The highest BCUT2D eigenvalue weighted by molar-refractivity contribution is 4.96. The van der Waals surface area contributed by atoms with E-state index in [1.54, 1.807) is 6.20 Å². The third kappa shape index (κ3) is 1.12. The molecular formula is C8H13N3O. The normalized spacial score (nSPS) is 28.5. The Kier molecular flexibility index (Phi) is 1.84. The molecule has 1 fully saturated rings. The lowest BCUT2D eigenvalue weighted by Gasteiger charge is -2.33. The number of aliphatic hydroxyl groups excluding tert-OH is 1. The van der Waals surface area contributed by atoms with Crippen LogP contribution in [-0.2, 0) is 6.61 Å². The molecule has 1 aromatic heterocycles. The minimum Gasteiger partial charge on any atom is -0.390 e. The average Bonchev–Trinajstić information content (AvgIpc) is 2.45. The monoisotopic (exact) mass is 167 g/mol. The van der Waals surface area contributed by atoms with Crippen LogP contribution >= 0.6 is 0 Å². The summed E-state index contributed by atoms with van der Waals surface area (Å²) >= 11 is 0. The van der Waals surface area contributed by atoms with E-state index < -0.39 is 0 Å². The first-order valence-electron chi connectivity index (χ1n) is 4.31. The lowest BCUT2D eigenvalue weighted by Crippen LogP contribution is -2.26. The van der Waals surface area contributed by atoms with E-state index in [0.29, 0.717) is 6.04 Å². The van der Waals surface area contributed by atoms with E-state index in [2.05, 4.69) is 17.2 Å². The Bertz CT molecular complexity index is 265. The predicted molar refractivity (Wildman–Crippen MR) is 43.4 cm³/mol. The van der Waals surface area contributed by atoms with Crippen molar-refractivity contribution in [1.82, 2.24) is 15.0 Å². The summed E-state index contributed by atoms with van der Waals surface area (Å²) in [6, 6.07) is 0.477. The third-order valence-electron chi connectivity index (χ3n) is 2.51. The SMILES string of the molecule is CC1CC(n2nncc2CO)C1. The van der Waals surface area contributed by atoms with E-state index in [-0.39, 0.29) is 6.61 Å². The van der Waals surface area contributed by atoms with Crippen molar-refractivity contribution >= 4 is 0 Å². The standard InChI is InChI=1S/C8H13N3O/c1-6-2-7(3-6)11-8(5-12)4-9-10-11/h4,6-7,12H,2-3,5H2,1H3. The van der Waals surface area contributed by atoms with E-state index in [4.69, 9.17) is 5.11 Å². The van der Waals surface area contributed by atoms with Gasteiger partial charge in [-0.1, -0.05) is 12.1 Å². The summed E-state index contributed by atoms with van der Waals surface area (Å²) in [5.41, 5.74) is 0.826. The van der Waals surface area contributed by atoms with Crippen molar-refractivity contribution in [3.05, 3.63) is 11.9 Å². The molecule has 0 bridgehead atoms. The Morgan fingerprint density at radius 1 is 1.67 bits per heavy atom. The molecular weight excluding hydrogens is 154 g/mol. The summed E-state index contributed by atoms with van der Waals surface area (Å²) in [6.07, 6.45) is 3.95. The zero-order valence-electron chi connectivity index (χ0n) is 7.14. The van der Waals surface area contributed by atoms with Crippen LogP contribution in [0.4, 0.5) is 0 Å². The van der Waals surface area contributed by atoms with E-state index in [0.717, 1.165) is 24.5 Å². The fraction of sp³-hybridized carbons (Fsp3) is 0.750. The molecule has 66 valence electrons. The van der Waals surface area contributed by atoms with E-state index in [9.17, 15) is 0 Å². The summed E-state index contributed by atoms with van der Waals surface area (Å²) in [4.78, 5) is 0. The van der Waals surface area contributed by atoms with Crippen molar-refractivity contribution in [2.45, 2.75) is 32.4 Å². The van der Waals surface area contributed by atoms with Crippen LogP contribution in [0.5, 0.6) is 0 Å². The smallest absolute Gasteiger partial charge is 0.0866 e. The maximum Gasteiger partial charge on any atom is 0.0866 e. The number of nitrogens with zero attached hydrogens (tertiary/aromatic N) is 3. The van der Waals surface area contributed by atoms with Crippen molar-refractivity contribution in [3.63, 3.8) is 0 Å². The number of aliphatic hydroxyl groups is 1. The van der Waals surface area contributed by atoms with Crippen molar-refractivity contribution < 1.29 is 5.11 Å². The summed E-state index contributed by atoms with van der Waals surface area (Å²) in [6.45, 7) is 2.27. The first-order valence-corrected chi connectivity index (χ1v) is 4.31. The van der Waals surface area contributed by atoms with Crippen molar-refractivity contribution in [1.29, 1.82) is 0 Å². The summed E-state index contributed by atoms with van der Waals surface area (Å²) in [7, 11) is 0. The lowest BCUT2D eigenvalue weighted by atomic mass is 9.82.